The SMILES string of the molecule is CC(NCc1ccc2ncccc2c1)C(=O)NC(C)(C)C. The Bertz CT molecular complexity index is 631. The van der Waals surface area contributed by atoms with E-state index in [4.69, 9.17) is 0 Å². The molecule has 1 amide bonds. The van der Waals surface area contributed by atoms with Crippen molar-refractivity contribution in [2.75, 3.05) is 0 Å². The highest BCUT2D eigenvalue weighted by Crippen LogP contribution is 2.13. The number of rotatable bonds is 4. The van der Waals surface area contributed by atoms with Gasteiger partial charge in [0, 0.05) is 23.7 Å². The third-order valence-corrected chi connectivity index (χ3v) is 3.17. The third kappa shape index (κ3) is 4.53. The van der Waals surface area contributed by atoms with E-state index >= 15 is 0 Å². The summed E-state index contributed by atoms with van der Waals surface area (Å²) in [7, 11) is 0. The molecule has 0 aliphatic carbocycles. The highest BCUT2D eigenvalue weighted by Gasteiger charge is 2.18. The maximum Gasteiger partial charge on any atom is 0.237 e. The highest BCUT2D eigenvalue weighted by molar-refractivity contribution is 5.82. The molecular weight excluding hydrogens is 262 g/mol. The first-order valence-electron chi connectivity index (χ1n) is 7.24. The Kier molecular flexibility index (Phi) is 4.58. The second kappa shape index (κ2) is 6.22. The van der Waals surface area contributed by atoms with Gasteiger partial charge in [0.2, 0.25) is 5.91 Å². The Hall–Kier alpha value is -1.94. The topological polar surface area (TPSA) is 54.0 Å². The molecule has 0 saturated heterocycles. The van der Waals surface area contributed by atoms with Gasteiger partial charge in [0.25, 0.3) is 0 Å². The molecule has 0 radical (unpaired) electrons. The van der Waals surface area contributed by atoms with Crippen molar-refractivity contribution in [3.8, 4) is 0 Å². The lowest BCUT2D eigenvalue weighted by molar-refractivity contribution is -0.124. The molecule has 2 aromatic rings. The van der Waals surface area contributed by atoms with Crippen LogP contribution in [0, 0.1) is 0 Å². The minimum atomic E-state index is -0.228. The maximum atomic E-state index is 12.0. The smallest absolute Gasteiger partial charge is 0.237 e. The number of aromatic nitrogens is 1. The second-order valence-electron chi connectivity index (χ2n) is 6.37. The van der Waals surface area contributed by atoms with Crippen LogP contribution in [-0.2, 0) is 11.3 Å². The number of fused-ring (bicyclic) bond motifs is 1. The zero-order valence-corrected chi connectivity index (χ0v) is 13.1. The molecule has 1 unspecified atom stereocenters. The number of hydrogen-bond donors (Lipinski definition) is 2. The average molecular weight is 285 g/mol. The Labute approximate surface area is 126 Å². The summed E-state index contributed by atoms with van der Waals surface area (Å²) in [5.41, 5.74) is 1.92. The van der Waals surface area contributed by atoms with Crippen LogP contribution in [0.5, 0.6) is 0 Å². The quantitative estimate of drug-likeness (QED) is 0.908. The van der Waals surface area contributed by atoms with Gasteiger partial charge in [-0.15, -0.1) is 0 Å². The molecule has 21 heavy (non-hydrogen) atoms. The predicted molar refractivity (Wildman–Crippen MR) is 85.9 cm³/mol. The molecule has 4 nitrogen and oxygen atoms in total. The van der Waals surface area contributed by atoms with Crippen LogP contribution in [0.1, 0.15) is 33.3 Å². The van der Waals surface area contributed by atoms with Crippen LogP contribution >= 0.6 is 0 Å². The molecule has 112 valence electrons. The van der Waals surface area contributed by atoms with Crippen molar-refractivity contribution in [2.24, 2.45) is 0 Å². The summed E-state index contributed by atoms with van der Waals surface area (Å²) < 4.78 is 0. The second-order valence-corrected chi connectivity index (χ2v) is 6.37. The predicted octanol–water partition coefficient (Wildman–Crippen LogP) is 2.63. The molecule has 0 aliphatic heterocycles. The number of carbonyl (C=O) groups is 1. The van der Waals surface area contributed by atoms with Crippen LogP contribution < -0.4 is 10.6 Å². The minimum absolute atomic E-state index is 0.0185. The van der Waals surface area contributed by atoms with Crippen molar-refractivity contribution in [2.45, 2.75) is 45.8 Å². The van der Waals surface area contributed by atoms with Gasteiger partial charge in [0.1, 0.15) is 0 Å². The maximum absolute atomic E-state index is 12.0. The fourth-order valence-corrected chi connectivity index (χ4v) is 2.08. The number of amides is 1. The van der Waals surface area contributed by atoms with Gasteiger partial charge in [-0.2, -0.15) is 0 Å². The summed E-state index contributed by atoms with van der Waals surface area (Å²) in [5.74, 6) is 0.0185. The van der Waals surface area contributed by atoms with Crippen molar-refractivity contribution in [1.82, 2.24) is 15.6 Å². The number of benzene rings is 1. The van der Waals surface area contributed by atoms with E-state index in [0.29, 0.717) is 6.54 Å². The van der Waals surface area contributed by atoms with E-state index in [1.807, 2.05) is 52.0 Å². The molecule has 0 bridgehead atoms. The van der Waals surface area contributed by atoms with Crippen LogP contribution in [0.25, 0.3) is 10.9 Å². The molecule has 1 atom stereocenters. The van der Waals surface area contributed by atoms with Crippen molar-refractivity contribution in [3.63, 3.8) is 0 Å². The molecule has 2 N–H and O–H groups in total. The van der Waals surface area contributed by atoms with Gasteiger partial charge in [-0.25, -0.2) is 0 Å². The molecule has 0 saturated carbocycles. The average Bonchev–Trinajstić information content (AvgIpc) is 2.42. The van der Waals surface area contributed by atoms with Gasteiger partial charge in [0.15, 0.2) is 0 Å². The normalized spacial score (nSPS) is 13.1. The molecule has 0 spiro atoms. The van der Waals surface area contributed by atoms with Crippen molar-refractivity contribution in [1.29, 1.82) is 0 Å². The number of carbonyl (C=O) groups excluding carboxylic acids is 1. The summed E-state index contributed by atoms with van der Waals surface area (Å²) in [4.78, 5) is 16.3. The van der Waals surface area contributed by atoms with Gasteiger partial charge in [0.05, 0.1) is 11.6 Å². The lowest BCUT2D eigenvalue weighted by atomic mass is 10.1. The van der Waals surface area contributed by atoms with E-state index < -0.39 is 0 Å². The van der Waals surface area contributed by atoms with E-state index in [-0.39, 0.29) is 17.5 Å². The van der Waals surface area contributed by atoms with Crippen LogP contribution in [0.15, 0.2) is 36.5 Å². The number of nitrogens with one attached hydrogen (secondary N) is 2. The molecule has 0 fully saturated rings. The first kappa shape index (κ1) is 15.4. The Balaban J connectivity index is 1.96. The molecular formula is C17H23N3O. The van der Waals surface area contributed by atoms with E-state index in [0.717, 1.165) is 16.5 Å². The van der Waals surface area contributed by atoms with E-state index in [1.54, 1.807) is 6.20 Å². The van der Waals surface area contributed by atoms with Gasteiger partial charge in [-0.3, -0.25) is 9.78 Å². The number of nitrogens with zero attached hydrogens (tertiary/aromatic N) is 1. The van der Waals surface area contributed by atoms with Crippen molar-refractivity contribution in [3.05, 3.63) is 42.1 Å². The fourth-order valence-electron chi connectivity index (χ4n) is 2.08. The Morgan fingerprint density at radius 1 is 1.29 bits per heavy atom. The third-order valence-electron chi connectivity index (χ3n) is 3.17. The summed E-state index contributed by atoms with van der Waals surface area (Å²) in [6.45, 7) is 8.48. The Morgan fingerprint density at radius 2 is 2.05 bits per heavy atom. The Morgan fingerprint density at radius 3 is 2.76 bits per heavy atom. The number of hydrogen-bond acceptors (Lipinski definition) is 3. The molecule has 2 rings (SSSR count). The lowest BCUT2D eigenvalue weighted by Gasteiger charge is -2.23. The van der Waals surface area contributed by atoms with Crippen LogP contribution in [-0.4, -0.2) is 22.5 Å². The van der Waals surface area contributed by atoms with Crippen molar-refractivity contribution >= 4 is 16.8 Å². The van der Waals surface area contributed by atoms with Crippen LogP contribution in [0.4, 0.5) is 0 Å². The standard InChI is InChI=1S/C17H23N3O/c1-12(16(21)20-17(2,3)4)19-11-13-7-8-15-14(10-13)6-5-9-18-15/h5-10,12,19H,11H2,1-4H3,(H,20,21). The fraction of sp³-hybridized carbons (Fsp3) is 0.412. The molecule has 1 aromatic heterocycles. The van der Waals surface area contributed by atoms with Crippen LogP contribution in [0.2, 0.25) is 0 Å². The van der Waals surface area contributed by atoms with E-state index in [9.17, 15) is 4.79 Å². The zero-order chi connectivity index (χ0) is 15.5. The summed E-state index contributed by atoms with van der Waals surface area (Å²) in [6, 6.07) is 9.89. The van der Waals surface area contributed by atoms with Crippen molar-refractivity contribution < 1.29 is 4.79 Å². The van der Waals surface area contributed by atoms with E-state index in [1.165, 1.54) is 0 Å². The molecule has 4 heteroatoms. The summed E-state index contributed by atoms with van der Waals surface area (Å²) in [6.07, 6.45) is 1.79. The van der Waals surface area contributed by atoms with Gasteiger partial charge >= 0.3 is 0 Å². The summed E-state index contributed by atoms with van der Waals surface area (Å²) in [5, 5.41) is 7.34. The zero-order valence-electron chi connectivity index (χ0n) is 13.1. The monoisotopic (exact) mass is 285 g/mol. The number of pyridine rings is 1. The molecule has 0 aliphatic rings. The molecule has 1 heterocycles. The van der Waals surface area contributed by atoms with Gasteiger partial charge in [-0.05, 0) is 51.5 Å². The van der Waals surface area contributed by atoms with Gasteiger partial charge < -0.3 is 10.6 Å². The van der Waals surface area contributed by atoms with E-state index in [2.05, 4.69) is 21.7 Å². The largest absolute Gasteiger partial charge is 0.350 e. The lowest BCUT2D eigenvalue weighted by Crippen LogP contribution is -2.49. The van der Waals surface area contributed by atoms with Gasteiger partial charge in [-0.1, -0.05) is 12.1 Å². The highest BCUT2D eigenvalue weighted by atomic mass is 16.2. The summed E-state index contributed by atoms with van der Waals surface area (Å²) >= 11 is 0. The molecule has 1 aromatic carbocycles. The minimum Gasteiger partial charge on any atom is -0.350 e. The van der Waals surface area contributed by atoms with Crippen LogP contribution in [0.3, 0.4) is 0 Å². The first-order valence-corrected chi connectivity index (χ1v) is 7.24. The first-order chi connectivity index (χ1) is 9.85.